The predicted molar refractivity (Wildman–Crippen MR) is 38.4 cm³/mol. The Hall–Kier alpha value is -0.650. The number of hydrogen-bond donors (Lipinski definition) is 2. The van der Waals surface area contributed by atoms with Crippen molar-refractivity contribution in [2.45, 2.75) is 31.3 Å². The van der Waals surface area contributed by atoms with Crippen LogP contribution in [0.15, 0.2) is 0 Å². The average molecular weight is 176 g/mol. The van der Waals surface area contributed by atoms with Crippen LogP contribution in [0.5, 0.6) is 0 Å². The number of ether oxygens (including phenoxy) is 2. The molecule has 0 aliphatic carbocycles. The van der Waals surface area contributed by atoms with E-state index in [0.29, 0.717) is 0 Å². The summed E-state index contributed by atoms with van der Waals surface area (Å²) in [5.41, 5.74) is 0. The minimum Gasteiger partial charge on any atom is -0.467 e. The molecule has 0 aromatic carbocycles. The third kappa shape index (κ3) is 1.43. The first kappa shape index (κ1) is 9.44. The fourth-order valence-electron chi connectivity index (χ4n) is 1.16. The summed E-state index contributed by atoms with van der Waals surface area (Å²) in [6.45, 7) is 1.58. The van der Waals surface area contributed by atoms with Crippen molar-refractivity contribution in [2.24, 2.45) is 0 Å². The normalized spacial score (nSPS) is 41.3. The van der Waals surface area contributed by atoms with Gasteiger partial charge in [0.05, 0.1) is 13.2 Å². The van der Waals surface area contributed by atoms with Gasteiger partial charge >= 0.3 is 5.97 Å². The van der Waals surface area contributed by atoms with Gasteiger partial charge in [-0.1, -0.05) is 0 Å². The monoisotopic (exact) mass is 176 g/mol. The molecular weight excluding hydrogens is 164 g/mol. The maximum absolute atomic E-state index is 10.9. The van der Waals surface area contributed by atoms with Crippen LogP contribution in [0.4, 0.5) is 0 Å². The molecule has 1 aliphatic heterocycles. The molecule has 0 radical (unpaired) electrons. The molecule has 70 valence electrons. The van der Waals surface area contributed by atoms with Crippen LogP contribution in [0.1, 0.15) is 6.92 Å². The lowest BCUT2D eigenvalue weighted by Crippen LogP contribution is -2.36. The highest BCUT2D eigenvalue weighted by Crippen LogP contribution is 2.21. The zero-order valence-electron chi connectivity index (χ0n) is 6.93. The van der Waals surface area contributed by atoms with Crippen molar-refractivity contribution in [1.29, 1.82) is 0 Å². The third-order valence-corrected chi connectivity index (χ3v) is 1.94. The Balaban J connectivity index is 2.64. The van der Waals surface area contributed by atoms with Crippen molar-refractivity contribution in [3.63, 3.8) is 0 Å². The molecular formula is C7H12O5. The van der Waals surface area contributed by atoms with E-state index in [9.17, 15) is 15.0 Å². The summed E-state index contributed by atoms with van der Waals surface area (Å²) in [6.07, 6.45) is -3.80. The first-order valence-corrected chi connectivity index (χ1v) is 3.67. The summed E-state index contributed by atoms with van der Waals surface area (Å²) in [6, 6.07) is 0. The smallest absolute Gasteiger partial charge is 0.337 e. The number of aliphatic hydroxyl groups excluding tert-OH is 2. The molecule has 1 fully saturated rings. The number of carbonyl (C=O) groups is 1. The van der Waals surface area contributed by atoms with Gasteiger partial charge in [-0.25, -0.2) is 4.79 Å². The van der Waals surface area contributed by atoms with E-state index in [1.807, 2.05) is 0 Å². The van der Waals surface area contributed by atoms with Gasteiger partial charge in [-0.3, -0.25) is 0 Å². The summed E-state index contributed by atoms with van der Waals surface area (Å²) in [5, 5.41) is 18.5. The zero-order valence-corrected chi connectivity index (χ0v) is 6.93. The lowest BCUT2D eigenvalue weighted by Gasteiger charge is -2.11. The van der Waals surface area contributed by atoms with Gasteiger partial charge in [0.1, 0.15) is 12.2 Å². The van der Waals surface area contributed by atoms with Gasteiger partial charge in [0.15, 0.2) is 6.10 Å². The molecule has 1 aliphatic rings. The van der Waals surface area contributed by atoms with E-state index in [2.05, 4.69) is 4.74 Å². The highest BCUT2D eigenvalue weighted by molar-refractivity contribution is 5.75. The Kier molecular flexibility index (Phi) is 2.66. The van der Waals surface area contributed by atoms with Crippen LogP contribution in [0.3, 0.4) is 0 Å². The quantitative estimate of drug-likeness (QED) is 0.484. The molecule has 12 heavy (non-hydrogen) atoms. The van der Waals surface area contributed by atoms with Gasteiger partial charge < -0.3 is 19.7 Å². The largest absolute Gasteiger partial charge is 0.467 e. The van der Waals surface area contributed by atoms with E-state index in [1.165, 1.54) is 7.11 Å². The molecule has 5 heteroatoms. The van der Waals surface area contributed by atoms with E-state index in [-0.39, 0.29) is 0 Å². The Bertz CT molecular complexity index is 181. The first-order valence-electron chi connectivity index (χ1n) is 3.67. The number of aliphatic hydroxyl groups is 2. The zero-order chi connectivity index (χ0) is 9.30. The average Bonchev–Trinajstić information content (AvgIpc) is 2.32. The van der Waals surface area contributed by atoms with Crippen molar-refractivity contribution in [2.75, 3.05) is 7.11 Å². The van der Waals surface area contributed by atoms with Crippen LogP contribution in [0.25, 0.3) is 0 Å². The van der Waals surface area contributed by atoms with Crippen LogP contribution in [0, 0.1) is 0 Å². The van der Waals surface area contributed by atoms with E-state index < -0.39 is 30.4 Å². The number of esters is 1. The summed E-state index contributed by atoms with van der Waals surface area (Å²) < 4.78 is 9.33. The SMILES string of the molecule is COC(=O)[C@@H]1O[C@@H](C)[C@H](O)[C@@H]1O. The second kappa shape index (κ2) is 3.38. The number of hydrogen-bond acceptors (Lipinski definition) is 5. The minimum atomic E-state index is -1.19. The standard InChI is InChI=1S/C7H12O5/c1-3-4(8)5(9)6(12-3)7(10)11-2/h3-6,8-9H,1-2H3/t3-,4-,5-,6+/m0/s1. The van der Waals surface area contributed by atoms with Crippen LogP contribution < -0.4 is 0 Å². The fourth-order valence-corrected chi connectivity index (χ4v) is 1.16. The molecule has 0 spiro atoms. The van der Waals surface area contributed by atoms with Gasteiger partial charge in [0, 0.05) is 0 Å². The van der Waals surface area contributed by atoms with Crippen LogP contribution >= 0.6 is 0 Å². The summed E-state index contributed by atoms with van der Waals surface area (Å²) in [7, 11) is 1.20. The Morgan fingerprint density at radius 1 is 1.42 bits per heavy atom. The van der Waals surface area contributed by atoms with E-state index >= 15 is 0 Å². The van der Waals surface area contributed by atoms with Gasteiger partial charge in [0.25, 0.3) is 0 Å². The van der Waals surface area contributed by atoms with Crippen molar-refractivity contribution < 1.29 is 24.5 Å². The van der Waals surface area contributed by atoms with Crippen molar-refractivity contribution in [3.8, 4) is 0 Å². The Labute approximate surface area is 69.9 Å². The van der Waals surface area contributed by atoms with Gasteiger partial charge in [-0.15, -0.1) is 0 Å². The second-order valence-electron chi connectivity index (χ2n) is 2.77. The molecule has 0 aromatic rings. The maximum Gasteiger partial charge on any atom is 0.337 e. The molecule has 1 rings (SSSR count). The molecule has 1 heterocycles. The number of carbonyl (C=O) groups excluding carboxylic acids is 1. The highest BCUT2D eigenvalue weighted by atomic mass is 16.6. The Morgan fingerprint density at radius 2 is 2.00 bits per heavy atom. The summed E-state index contributed by atoms with van der Waals surface area (Å²) >= 11 is 0. The number of rotatable bonds is 1. The molecule has 0 saturated carbocycles. The third-order valence-electron chi connectivity index (χ3n) is 1.94. The van der Waals surface area contributed by atoms with Crippen LogP contribution in [0.2, 0.25) is 0 Å². The summed E-state index contributed by atoms with van der Waals surface area (Å²) in [4.78, 5) is 10.9. The van der Waals surface area contributed by atoms with Crippen LogP contribution in [-0.2, 0) is 14.3 Å². The van der Waals surface area contributed by atoms with Crippen molar-refractivity contribution in [1.82, 2.24) is 0 Å². The molecule has 5 nitrogen and oxygen atoms in total. The molecule has 0 amide bonds. The first-order chi connectivity index (χ1) is 5.57. The lowest BCUT2D eigenvalue weighted by molar-refractivity contribution is -0.156. The molecule has 0 unspecified atom stereocenters. The molecule has 0 bridgehead atoms. The highest BCUT2D eigenvalue weighted by Gasteiger charge is 2.44. The topological polar surface area (TPSA) is 76.0 Å². The lowest BCUT2D eigenvalue weighted by atomic mass is 10.1. The van der Waals surface area contributed by atoms with Gasteiger partial charge in [-0.05, 0) is 6.92 Å². The van der Waals surface area contributed by atoms with E-state index in [1.54, 1.807) is 6.92 Å². The predicted octanol–water partition coefficient (Wildman–Crippen LogP) is -1.33. The summed E-state index contributed by atoms with van der Waals surface area (Å²) in [5.74, 6) is -0.661. The molecule has 2 N–H and O–H groups in total. The van der Waals surface area contributed by atoms with Gasteiger partial charge in [0.2, 0.25) is 0 Å². The number of methoxy groups -OCH3 is 1. The minimum absolute atomic E-state index is 0.538. The fraction of sp³-hybridized carbons (Fsp3) is 0.857. The van der Waals surface area contributed by atoms with E-state index in [4.69, 9.17) is 4.74 Å². The van der Waals surface area contributed by atoms with Gasteiger partial charge in [-0.2, -0.15) is 0 Å². The van der Waals surface area contributed by atoms with Crippen LogP contribution in [-0.4, -0.2) is 47.7 Å². The second-order valence-corrected chi connectivity index (χ2v) is 2.77. The molecule has 4 atom stereocenters. The maximum atomic E-state index is 10.9. The molecule has 0 aromatic heterocycles. The van der Waals surface area contributed by atoms with E-state index in [0.717, 1.165) is 0 Å². The van der Waals surface area contributed by atoms with Crippen molar-refractivity contribution in [3.05, 3.63) is 0 Å². The van der Waals surface area contributed by atoms with Crippen molar-refractivity contribution >= 4 is 5.97 Å². The molecule has 1 saturated heterocycles. The Morgan fingerprint density at radius 3 is 2.33 bits per heavy atom.